The van der Waals surface area contributed by atoms with Gasteiger partial charge in [0, 0.05) is 76.0 Å². The van der Waals surface area contributed by atoms with Crippen molar-refractivity contribution in [3.8, 4) is 0 Å². The van der Waals surface area contributed by atoms with Crippen LogP contribution >= 0.6 is 0 Å². The third kappa shape index (κ3) is 5.42. The molecular formula is C21H28N6O2. The summed E-state index contributed by atoms with van der Waals surface area (Å²) in [5.41, 5.74) is 2.02. The number of carbonyl (C=O) groups excluding carboxylic acids is 1. The zero-order valence-corrected chi connectivity index (χ0v) is 16.7. The van der Waals surface area contributed by atoms with Crippen molar-refractivity contribution in [2.75, 3.05) is 74.1 Å². The van der Waals surface area contributed by atoms with Crippen molar-refractivity contribution in [3.63, 3.8) is 0 Å². The normalized spacial score (nSPS) is 17.9. The third-order valence-electron chi connectivity index (χ3n) is 5.43. The number of nitrogens with zero attached hydrogens (tertiary/aromatic N) is 5. The van der Waals surface area contributed by atoms with E-state index in [2.05, 4.69) is 42.1 Å². The van der Waals surface area contributed by atoms with Crippen LogP contribution in [-0.4, -0.2) is 79.8 Å². The van der Waals surface area contributed by atoms with Gasteiger partial charge in [-0.2, -0.15) is 0 Å². The molecule has 0 unspecified atom stereocenters. The molecular weight excluding hydrogens is 368 g/mol. The van der Waals surface area contributed by atoms with Crippen LogP contribution in [0, 0.1) is 0 Å². The predicted octanol–water partition coefficient (Wildman–Crippen LogP) is 1.46. The minimum atomic E-state index is 0.0560. The molecule has 2 fully saturated rings. The molecule has 2 aromatic rings. The number of nitrogens with one attached hydrogen (secondary N) is 1. The summed E-state index contributed by atoms with van der Waals surface area (Å²) in [5.74, 6) is 0.978. The van der Waals surface area contributed by atoms with Crippen LogP contribution in [0.3, 0.4) is 0 Å². The van der Waals surface area contributed by atoms with E-state index in [1.54, 1.807) is 18.6 Å². The fraction of sp³-hybridized carbons (Fsp3) is 0.476. The first-order chi connectivity index (χ1) is 14.3. The van der Waals surface area contributed by atoms with Gasteiger partial charge >= 0.3 is 0 Å². The summed E-state index contributed by atoms with van der Waals surface area (Å²) >= 11 is 0. The Balaban J connectivity index is 1.18. The van der Waals surface area contributed by atoms with Gasteiger partial charge in [0.25, 0.3) is 0 Å². The van der Waals surface area contributed by atoms with Crippen molar-refractivity contribution in [1.82, 2.24) is 14.9 Å². The van der Waals surface area contributed by atoms with E-state index in [0.29, 0.717) is 6.42 Å². The van der Waals surface area contributed by atoms with Gasteiger partial charge in [-0.25, -0.2) is 4.98 Å². The Kier molecular flexibility index (Phi) is 6.53. The average molecular weight is 396 g/mol. The molecule has 0 bridgehead atoms. The van der Waals surface area contributed by atoms with E-state index in [4.69, 9.17) is 4.74 Å². The fourth-order valence-corrected chi connectivity index (χ4v) is 3.72. The Morgan fingerprint density at radius 1 is 0.966 bits per heavy atom. The summed E-state index contributed by atoms with van der Waals surface area (Å²) in [7, 11) is 0. The number of piperazine rings is 1. The Bertz CT molecular complexity index is 772. The van der Waals surface area contributed by atoms with Crippen LogP contribution in [-0.2, 0) is 9.53 Å². The third-order valence-corrected chi connectivity index (χ3v) is 5.43. The summed E-state index contributed by atoms with van der Waals surface area (Å²) in [6.07, 6.45) is 5.71. The molecule has 1 amide bonds. The molecule has 0 atom stereocenters. The Morgan fingerprint density at radius 2 is 1.72 bits per heavy atom. The molecule has 1 aromatic heterocycles. The topological polar surface area (TPSA) is 73.8 Å². The SMILES string of the molecule is O=C(CCN1CCN(c2cnccn2)CC1)Nc1ccc(N2CCOCC2)cc1. The minimum Gasteiger partial charge on any atom is -0.378 e. The molecule has 3 heterocycles. The van der Waals surface area contributed by atoms with Crippen LogP contribution in [0.1, 0.15) is 6.42 Å². The fourth-order valence-electron chi connectivity index (χ4n) is 3.72. The summed E-state index contributed by atoms with van der Waals surface area (Å²) in [4.78, 5) is 27.7. The molecule has 29 heavy (non-hydrogen) atoms. The molecule has 0 aliphatic carbocycles. The number of amides is 1. The van der Waals surface area contributed by atoms with E-state index in [-0.39, 0.29) is 5.91 Å². The van der Waals surface area contributed by atoms with Crippen molar-refractivity contribution in [1.29, 1.82) is 0 Å². The number of ether oxygens (including phenoxy) is 1. The summed E-state index contributed by atoms with van der Waals surface area (Å²) < 4.78 is 5.39. The van der Waals surface area contributed by atoms with E-state index in [1.165, 1.54) is 5.69 Å². The van der Waals surface area contributed by atoms with Crippen LogP contribution in [0.15, 0.2) is 42.9 Å². The Labute approximate surface area is 171 Å². The summed E-state index contributed by atoms with van der Waals surface area (Å²) in [6.45, 7) is 7.80. The molecule has 8 heteroatoms. The quantitative estimate of drug-likeness (QED) is 0.792. The monoisotopic (exact) mass is 396 g/mol. The largest absolute Gasteiger partial charge is 0.378 e. The van der Waals surface area contributed by atoms with Gasteiger partial charge in [-0.05, 0) is 24.3 Å². The van der Waals surface area contributed by atoms with Gasteiger partial charge in [0.1, 0.15) is 5.82 Å². The number of anilines is 3. The highest BCUT2D eigenvalue weighted by Crippen LogP contribution is 2.19. The molecule has 0 radical (unpaired) electrons. The molecule has 2 saturated heterocycles. The predicted molar refractivity (Wildman–Crippen MR) is 113 cm³/mol. The second kappa shape index (κ2) is 9.67. The second-order valence-electron chi connectivity index (χ2n) is 7.34. The van der Waals surface area contributed by atoms with Gasteiger partial charge in [-0.3, -0.25) is 14.7 Å². The molecule has 154 valence electrons. The Morgan fingerprint density at radius 3 is 2.41 bits per heavy atom. The molecule has 2 aliphatic heterocycles. The molecule has 8 nitrogen and oxygen atoms in total. The van der Waals surface area contributed by atoms with Gasteiger partial charge in [0.15, 0.2) is 0 Å². The number of morpholine rings is 1. The lowest BCUT2D eigenvalue weighted by atomic mass is 10.2. The van der Waals surface area contributed by atoms with Crippen LogP contribution in [0.5, 0.6) is 0 Å². The number of carbonyl (C=O) groups is 1. The maximum absolute atomic E-state index is 12.3. The van der Waals surface area contributed by atoms with E-state index in [9.17, 15) is 4.79 Å². The van der Waals surface area contributed by atoms with E-state index in [1.807, 2.05) is 12.1 Å². The van der Waals surface area contributed by atoms with Crippen molar-refractivity contribution in [3.05, 3.63) is 42.9 Å². The van der Waals surface area contributed by atoms with Gasteiger partial charge in [-0.15, -0.1) is 0 Å². The lowest BCUT2D eigenvalue weighted by Gasteiger charge is -2.35. The van der Waals surface area contributed by atoms with Gasteiger partial charge in [-0.1, -0.05) is 0 Å². The molecule has 2 aliphatic rings. The molecule has 1 N–H and O–H groups in total. The number of rotatable bonds is 6. The van der Waals surface area contributed by atoms with Gasteiger partial charge < -0.3 is 19.9 Å². The van der Waals surface area contributed by atoms with Gasteiger partial charge in [0.05, 0.1) is 19.4 Å². The molecule has 1 aromatic carbocycles. The highest BCUT2D eigenvalue weighted by atomic mass is 16.5. The summed E-state index contributed by atoms with van der Waals surface area (Å²) in [5, 5.41) is 3.01. The lowest BCUT2D eigenvalue weighted by molar-refractivity contribution is -0.116. The van der Waals surface area contributed by atoms with Crippen molar-refractivity contribution < 1.29 is 9.53 Å². The van der Waals surface area contributed by atoms with Crippen LogP contribution in [0.2, 0.25) is 0 Å². The first-order valence-electron chi connectivity index (χ1n) is 10.2. The highest BCUT2D eigenvalue weighted by molar-refractivity contribution is 5.91. The average Bonchev–Trinajstić information content (AvgIpc) is 2.80. The second-order valence-corrected chi connectivity index (χ2v) is 7.34. The number of hydrogen-bond acceptors (Lipinski definition) is 7. The lowest BCUT2D eigenvalue weighted by Crippen LogP contribution is -2.47. The van der Waals surface area contributed by atoms with E-state index in [0.717, 1.165) is 70.5 Å². The first kappa shape index (κ1) is 19.6. The smallest absolute Gasteiger partial charge is 0.225 e. The van der Waals surface area contributed by atoms with E-state index < -0.39 is 0 Å². The minimum absolute atomic E-state index is 0.0560. The molecule has 4 rings (SSSR count). The number of aromatic nitrogens is 2. The summed E-state index contributed by atoms with van der Waals surface area (Å²) in [6, 6.07) is 8.07. The standard InChI is InChI=1S/C21H28N6O2/c28-21(24-18-1-3-19(4-2-18)26-13-15-29-16-14-26)5-8-25-9-11-27(12-10-25)20-17-22-6-7-23-20/h1-4,6-7,17H,5,8-16H2,(H,24,28). The van der Waals surface area contributed by atoms with Crippen molar-refractivity contribution in [2.24, 2.45) is 0 Å². The maximum Gasteiger partial charge on any atom is 0.225 e. The zero-order valence-electron chi connectivity index (χ0n) is 16.7. The number of hydrogen-bond donors (Lipinski definition) is 1. The molecule has 0 spiro atoms. The number of benzene rings is 1. The van der Waals surface area contributed by atoms with Crippen LogP contribution in [0.4, 0.5) is 17.2 Å². The maximum atomic E-state index is 12.3. The van der Waals surface area contributed by atoms with Gasteiger partial charge in [0.2, 0.25) is 5.91 Å². The Hall–Kier alpha value is -2.71. The van der Waals surface area contributed by atoms with Crippen molar-refractivity contribution >= 4 is 23.1 Å². The highest BCUT2D eigenvalue weighted by Gasteiger charge is 2.18. The molecule has 0 saturated carbocycles. The first-order valence-corrected chi connectivity index (χ1v) is 10.2. The zero-order chi connectivity index (χ0) is 19.9. The van der Waals surface area contributed by atoms with E-state index >= 15 is 0 Å². The van der Waals surface area contributed by atoms with Crippen LogP contribution < -0.4 is 15.1 Å². The van der Waals surface area contributed by atoms with Crippen LogP contribution in [0.25, 0.3) is 0 Å². The van der Waals surface area contributed by atoms with Crippen molar-refractivity contribution in [2.45, 2.75) is 6.42 Å².